The van der Waals surface area contributed by atoms with Crippen LogP contribution in [-0.4, -0.2) is 29.0 Å². The summed E-state index contributed by atoms with van der Waals surface area (Å²) >= 11 is 0. The van der Waals surface area contributed by atoms with E-state index >= 15 is 0 Å². The van der Waals surface area contributed by atoms with Gasteiger partial charge in [-0.2, -0.15) is 0 Å². The number of rotatable bonds is 2. The van der Waals surface area contributed by atoms with Crippen molar-refractivity contribution in [1.29, 1.82) is 0 Å². The molecule has 15 heavy (non-hydrogen) atoms. The van der Waals surface area contributed by atoms with E-state index in [1.807, 2.05) is 6.07 Å². The highest BCUT2D eigenvalue weighted by molar-refractivity contribution is 5.48. The summed E-state index contributed by atoms with van der Waals surface area (Å²) in [6.45, 7) is 1.53. The minimum absolute atomic E-state index is 0.0112. The van der Waals surface area contributed by atoms with E-state index in [4.69, 9.17) is 0 Å². The number of hydrogen-bond donors (Lipinski definition) is 0. The predicted molar refractivity (Wildman–Crippen MR) is 56.7 cm³/mol. The van der Waals surface area contributed by atoms with E-state index in [0.717, 1.165) is 31.5 Å². The number of carbonyl (C=O) groups excluding carboxylic acids is 1. The molecule has 0 aliphatic carbocycles. The lowest BCUT2D eigenvalue weighted by atomic mass is 10.00. The second-order valence-electron chi connectivity index (χ2n) is 4.00. The van der Waals surface area contributed by atoms with E-state index < -0.39 is 0 Å². The lowest BCUT2D eigenvalue weighted by molar-refractivity contribution is -0.117. The molecule has 0 aromatic carbocycles. The van der Waals surface area contributed by atoms with E-state index in [1.54, 1.807) is 28.8 Å². The largest absolute Gasteiger partial charge is 0.345 e. The summed E-state index contributed by atoms with van der Waals surface area (Å²) in [7, 11) is 1.73. The van der Waals surface area contributed by atoms with E-state index in [9.17, 15) is 9.59 Å². The average molecular weight is 206 g/mol. The number of nitrogens with zero attached hydrogens (tertiary/aromatic N) is 2. The molecule has 1 unspecified atom stereocenters. The number of carbonyl (C=O) groups is 1. The monoisotopic (exact) mass is 206 g/mol. The topological polar surface area (TPSA) is 42.3 Å². The molecule has 0 spiro atoms. The van der Waals surface area contributed by atoms with Gasteiger partial charge < -0.3 is 9.47 Å². The molecule has 80 valence electrons. The van der Waals surface area contributed by atoms with Crippen molar-refractivity contribution in [1.82, 2.24) is 9.47 Å². The fourth-order valence-electron chi connectivity index (χ4n) is 1.97. The van der Waals surface area contributed by atoms with Crippen LogP contribution in [0.4, 0.5) is 0 Å². The lowest BCUT2D eigenvalue weighted by Crippen LogP contribution is -2.19. The van der Waals surface area contributed by atoms with Crippen LogP contribution in [0.3, 0.4) is 0 Å². The van der Waals surface area contributed by atoms with Crippen molar-refractivity contribution in [3.8, 4) is 0 Å². The standard InChI is InChI=1S/C11H14N2O2/c1-12-4-2-9(6-11(12)15)10-3-5-13(7-10)8-14/h2,4,6,8,10H,3,5,7H2,1H3. The zero-order valence-electron chi connectivity index (χ0n) is 8.72. The number of likely N-dealkylation sites (tertiary alicyclic amines) is 1. The lowest BCUT2D eigenvalue weighted by Gasteiger charge is -2.10. The van der Waals surface area contributed by atoms with Gasteiger partial charge in [0.05, 0.1) is 0 Å². The van der Waals surface area contributed by atoms with Gasteiger partial charge in [-0.05, 0) is 18.1 Å². The molecule has 1 amide bonds. The Morgan fingerprint density at radius 3 is 2.93 bits per heavy atom. The number of amides is 1. The highest BCUT2D eigenvalue weighted by atomic mass is 16.1. The number of pyridine rings is 1. The molecule has 0 N–H and O–H groups in total. The van der Waals surface area contributed by atoms with E-state index in [-0.39, 0.29) is 5.56 Å². The summed E-state index contributed by atoms with van der Waals surface area (Å²) in [5.41, 5.74) is 1.06. The number of aromatic nitrogens is 1. The van der Waals surface area contributed by atoms with Gasteiger partial charge in [0.1, 0.15) is 0 Å². The zero-order chi connectivity index (χ0) is 10.8. The normalized spacial score (nSPS) is 20.6. The summed E-state index contributed by atoms with van der Waals surface area (Å²) in [6.07, 6.45) is 3.61. The fraction of sp³-hybridized carbons (Fsp3) is 0.455. The molecule has 1 aliphatic rings. The minimum Gasteiger partial charge on any atom is -0.345 e. The van der Waals surface area contributed by atoms with Crippen LogP contribution in [0.25, 0.3) is 0 Å². The Hall–Kier alpha value is -1.58. The van der Waals surface area contributed by atoms with Crippen LogP contribution in [0, 0.1) is 0 Å². The molecule has 1 aromatic heterocycles. The van der Waals surface area contributed by atoms with Gasteiger partial charge >= 0.3 is 0 Å². The fourth-order valence-corrected chi connectivity index (χ4v) is 1.97. The summed E-state index contributed by atoms with van der Waals surface area (Å²) in [5.74, 6) is 0.323. The highest BCUT2D eigenvalue weighted by Crippen LogP contribution is 2.24. The maximum atomic E-state index is 11.4. The molecule has 2 heterocycles. The summed E-state index contributed by atoms with van der Waals surface area (Å²) in [4.78, 5) is 23.7. The number of aryl methyl sites for hydroxylation is 1. The molecular formula is C11H14N2O2. The third kappa shape index (κ3) is 1.93. The molecule has 1 saturated heterocycles. The van der Waals surface area contributed by atoms with Gasteiger partial charge in [-0.15, -0.1) is 0 Å². The van der Waals surface area contributed by atoms with Crippen molar-refractivity contribution >= 4 is 6.41 Å². The Morgan fingerprint density at radius 2 is 2.33 bits per heavy atom. The molecule has 4 heteroatoms. The first-order valence-electron chi connectivity index (χ1n) is 5.06. The Balaban J connectivity index is 2.20. The molecule has 1 aromatic rings. The van der Waals surface area contributed by atoms with Gasteiger partial charge in [-0.1, -0.05) is 0 Å². The van der Waals surface area contributed by atoms with E-state index in [1.165, 1.54) is 0 Å². The predicted octanol–water partition coefficient (Wildman–Crippen LogP) is 0.331. The van der Waals surface area contributed by atoms with Crippen molar-refractivity contribution in [2.24, 2.45) is 7.05 Å². The van der Waals surface area contributed by atoms with Gasteiger partial charge in [0.2, 0.25) is 6.41 Å². The molecule has 1 aliphatic heterocycles. The molecule has 1 fully saturated rings. The first-order chi connectivity index (χ1) is 7.20. The van der Waals surface area contributed by atoms with Crippen molar-refractivity contribution in [2.45, 2.75) is 12.3 Å². The van der Waals surface area contributed by atoms with Crippen molar-refractivity contribution in [3.63, 3.8) is 0 Å². The molecule has 4 nitrogen and oxygen atoms in total. The van der Waals surface area contributed by atoms with Crippen LogP contribution in [0.5, 0.6) is 0 Å². The van der Waals surface area contributed by atoms with Crippen LogP contribution in [-0.2, 0) is 11.8 Å². The third-order valence-corrected chi connectivity index (χ3v) is 2.97. The van der Waals surface area contributed by atoms with Crippen LogP contribution >= 0.6 is 0 Å². The first-order valence-corrected chi connectivity index (χ1v) is 5.06. The maximum absolute atomic E-state index is 11.4. The average Bonchev–Trinajstić information content (AvgIpc) is 2.70. The quantitative estimate of drug-likeness (QED) is 0.654. The zero-order valence-corrected chi connectivity index (χ0v) is 8.72. The van der Waals surface area contributed by atoms with Crippen LogP contribution in [0.1, 0.15) is 17.9 Å². The third-order valence-electron chi connectivity index (χ3n) is 2.97. The van der Waals surface area contributed by atoms with Crippen LogP contribution in [0.2, 0.25) is 0 Å². The Bertz CT molecular complexity index is 425. The molecule has 0 radical (unpaired) electrons. The van der Waals surface area contributed by atoms with Crippen LogP contribution < -0.4 is 5.56 Å². The maximum Gasteiger partial charge on any atom is 0.250 e. The Kier molecular flexibility index (Phi) is 2.58. The molecular weight excluding hydrogens is 192 g/mol. The van der Waals surface area contributed by atoms with Gasteiger partial charge in [-0.3, -0.25) is 9.59 Å². The van der Waals surface area contributed by atoms with Gasteiger partial charge in [0.25, 0.3) is 5.56 Å². The molecule has 1 atom stereocenters. The highest BCUT2D eigenvalue weighted by Gasteiger charge is 2.22. The van der Waals surface area contributed by atoms with Crippen LogP contribution in [0.15, 0.2) is 23.1 Å². The van der Waals surface area contributed by atoms with E-state index in [2.05, 4.69) is 0 Å². The second-order valence-corrected chi connectivity index (χ2v) is 4.00. The summed E-state index contributed by atoms with van der Waals surface area (Å²) in [6, 6.07) is 3.62. The first kappa shape index (κ1) is 9.96. The Labute approximate surface area is 88.1 Å². The van der Waals surface area contributed by atoms with Gasteiger partial charge in [0.15, 0.2) is 0 Å². The van der Waals surface area contributed by atoms with Crippen molar-refractivity contribution in [3.05, 3.63) is 34.2 Å². The van der Waals surface area contributed by atoms with Crippen molar-refractivity contribution < 1.29 is 4.79 Å². The number of hydrogen-bond acceptors (Lipinski definition) is 2. The van der Waals surface area contributed by atoms with Gasteiger partial charge in [-0.25, -0.2) is 0 Å². The molecule has 0 saturated carbocycles. The van der Waals surface area contributed by atoms with E-state index in [0.29, 0.717) is 5.92 Å². The summed E-state index contributed by atoms with van der Waals surface area (Å²) < 4.78 is 1.55. The van der Waals surface area contributed by atoms with Gasteiger partial charge in [0, 0.05) is 38.3 Å². The second kappa shape index (κ2) is 3.88. The summed E-state index contributed by atoms with van der Waals surface area (Å²) in [5, 5.41) is 0. The molecule has 2 rings (SSSR count). The smallest absolute Gasteiger partial charge is 0.250 e. The minimum atomic E-state index is 0.0112. The van der Waals surface area contributed by atoms with Crippen molar-refractivity contribution in [2.75, 3.05) is 13.1 Å². The SMILES string of the molecule is Cn1ccc(C2CCN(C=O)C2)cc1=O. The Morgan fingerprint density at radius 1 is 1.53 bits per heavy atom. The molecule has 0 bridgehead atoms.